The van der Waals surface area contributed by atoms with Gasteiger partial charge in [0.25, 0.3) is 0 Å². The largest absolute Gasteiger partial charge is 0.467 e. The molecule has 3 rings (SSSR count). The first-order valence-electron chi connectivity index (χ1n) is 9.30. The van der Waals surface area contributed by atoms with Crippen LogP contribution < -0.4 is 10.5 Å². The SMILES string of the molecule is COCOc1ccc(-c2ccccn2)cc1C(N)=Nc1cc(C(F)(F)F)cc(C(F)(F)F)c1. The topological polar surface area (TPSA) is 69.7 Å². The Bertz CT molecular complexity index is 1110. The van der Waals surface area contributed by atoms with Crippen LogP contribution in [0.1, 0.15) is 16.7 Å². The molecule has 0 atom stereocenters. The van der Waals surface area contributed by atoms with Gasteiger partial charge in [0, 0.05) is 18.9 Å². The lowest BCUT2D eigenvalue weighted by atomic mass is 10.1. The maximum Gasteiger partial charge on any atom is 0.416 e. The number of ether oxygens (including phenoxy) is 2. The van der Waals surface area contributed by atoms with Gasteiger partial charge in [-0.3, -0.25) is 4.98 Å². The third-order valence-corrected chi connectivity index (χ3v) is 4.37. The third kappa shape index (κ3) is 6.01. The minimum atomic E-state index is -5.01. The second-order valence-corrected chi connectivity index (χ2v) is 6.74. The van der Waals surface area contributed by atoms with E-state index in [1.807, 2.05) is 0 Å². The summed E-state index contributed by atoms with van der Waals surface area (Å²) in [4.78, 5) is 8.04. The maximum atomic E-state index is 13.2. The zero-order valence-electron chi connectivity index (χ0n) is 17.0. The molecule has 11 heteroatoms. The standard InChI is InChI=1S/C22H17F6N3O2/c1-32-12-33-19-6-5-13(18-4-2-3-7-30-18)8-17(19)20(29)31-16-10-14(21(23,24)25)9-15(11-16)22(26,27)28/h2-11H,12H2,1H3,(H2,29,31). The van der Waals surface area contributed by atoms with E-state index in [1.54, 1.807) is 30.5 Å². The summed E-state index contributed by atoms with van der Waals surface area (Å²) >= 11 is 0. The Hall–Kier alpha value is -3.60. The van der Waals surface area contributed by atoms with Crippen molar-refractivity contribution in [1.29, 1.82) is 0 Å². The van der Waals surface area contributed by atoms with Gasteiger partial charge in [0.05, 0.1) is 28.1 Å². The van der Waals surface area contributed by atoms with Gasteiger partial charge in [0.15, 0.2) is 6.79 Å². The van der Waals surface area contributed by atoms with E-state index in [4.69, 9.17) is 15.2 Å². The molecule has 2 N–H and O–H groups in total. The highest BCUT2D eigenvalue weighted by Gasteiger charge is 2.37. The number of nitrogens with two attached hydrogens (primary N) is 1. The van der Waals surface area contributed by atoms with Crippen LogP contribution in [-0.4, -0.2) is 24.7 Å². The summed E-state index contributed by atoms with van der Waals surface area (Å²) in [5.74, 6) is -0.188. The average Bonchev–Trinajstić information content (AvgIpc) is 2.76. The minimum Gasteiger partial charge on any atom is -0.467 e. The zero-order chi connectivity index (χ0) is 24.2. The molecule has 0 bridgehead atoms. The van der Waals surface area contributed by atoms with Crippen molar-refractivity contribution in [2.24, 2.45) is 10.7 Å². The van der Waals surface area contributed by atoms with E-state index in [9.17, 15) is 26.3 Å². The molecule has 0 aliphatic carbocycles. The van der Waals surface area contributed by atoms with E-state index in [2.05, 4.69) is 9.98 Å². The smallest absolute Gasteiger partial charge is 0.416 e. The molecule has 3 aromatic rings. The summed E-state index contributed by atoms with van der Waals surface area (Å²) in [6.07, 6.45) is -8.46. The van der Waals surface area contributed by atoms with Gasteiger partial charge in [-0.25, -0.2) is 4.99 Å². The number of aliphatic imine (C=N–C) groups is 1. The molecule has 1 heterocycles. The normalized spacial score (nSPS) is 12.6. The van der Waals surface area contributed by atoms with Crippen LogP contribution >= 0.6 is 0 Å². The second-order valence-electron chi connectivity index (χ2n) is 6.74. The quantitative estimate of drug-likeness (QED) is 0.214. The Morgan fingerprint density at radius 3 is 2.15 bits per heavy atom. The minimum absolute atomic E-state index is 0.0179. The lowest BCUT2D eigenvalue weighted by Crippen LogP contribution is -2.16. The van der Waals surface area contributed by atoms with Crippen LogP contribution in [0.5, 0.6) is 5.75 Å². The maximum absolute atomic E-state index is 13.2. The summed E-state index contributed by atoms with van der Waals surface area (Å²) in [6.45, 7) is -0.176. The van der Waals surface area contributed by atoms with E-state index in [-0.39, 0.29) is 30.0 Å². The van der Waals surface area contributed by atoms with Gasteiger partial charge in [-0.05, 0) is 48.5 Å². The van der Waals surface area contributed by atoms with E-state index in [0.717, 1.165) is 0 Å². The highest BCUT2D eigenvalue weighted by Crippen LogP contribution is 2.38. The van der Waals surface area contributed by atoms with Gasteiger partial charge in [-0.2, -0.15) is 26.3 Å². The van der Waals surface area contributed by atoms with Crippen molar-refractivity contribution in [2.45, 2.75) is 12.4 Å². The second kappa shape index (κ2) is 9.49. The van der Waals surface area contributed by atoms with Crippen LogP contribution in [0.3, 0.4) is 0 Å². The molecular formula is C22H17F6N3O2. The van der Waals surface area contributed by atoms with Gasteiger partial charge in [-0.15, -0.1) is 0 Å². The van der Waals surface area contributed by atoms with Crippen molar-refractivity contribution in [2.75, 3.05) is 13.9 Å². The summed E-state index contributed by atoms with van der Waals surface area (Å²) in [5.41, 5.74) is 3.68. The predicted octanol–water partition coefficient (Wildman–Crippen LogP) is 5.81. The van der Waals surface area contributed by atoms with Gasteiger partial charge in [0.1, 0.15) is 11.6 Å². The molecule has 0 amide bonds. The monoisotopic (exact) mass is 469 g/mol. The number of hydrogen-bond acceptors (Lipinski definition) is 4. The number of nitrogens with zero attached hydrogens (tertiary/aromatic N) is 2. The number of hydrogen-bond donors (Lipinski definition) is 1. The summed E-state index contributed by atoms with van der Waals surface area (Å²) < 4.78 is 89.2. The van der Waals surface area contributed by atoms with Crippen molar-refractivity contribution in [1.82, 2.24) is 4.98 Å². The van der Waals surface area contributed by atoms with Gasteiger partial charge in [0.2, 0.25) is 0 Å². The molecule has 0 aliphatic heterocycles. The molecule has 0 saturated carbocycles. The van der Waals surface area contributed by atoms with Crippen LogP contribution in [0.15, 0.2) is 65.8 Å². The number of aromatic nitrogens is 1. The lowest BCUT2D eigenvalue weighted by Gasteiger charge is -2.14. The van der Waals surface area contributed by atoms with Crippen LogP contribution in [-0.2, 0) is 17.1 Å². The lowest BCUT2D eigenvalue weighted by molar-refractivity contribution is -0.143. The first-order chi connectivity index (χ1) is 15.5. The molecule has 0 saturated heterocycles. The number of methoxy groups -OCH3 is 1. The fourth-order valence-electron chi connectivity index (χ4n) is 2.87. The average molecular weight is 469 g/mol. The van der Waals surface area contributed by atoms with Crippen molar-refractivity contribution in [3.05, 3.63) is 77.5 Å². The molecule has 0 spiro atoms. The zero-order valence-corrected chi connectivity index (χ0v) is 17.0. The summed E-state index contributed by atoms with van der Waals surface area (Å²) in [5, 5.41) is 0. The Morgan fingerprint density at radius 1 is 0.939 bits per heavy atom. The number of amidine groups is 1. The van der Waals surface area contributed by atoms with Gasteiger partial charge >= 0.3 is 12.4 Å². The molecule has 0 radical (unpaired) electrons. The Balaban J connectivity index is 2.13. The van der Waals surface area contributed by atoms with Crippen LogP contribution in [0.25, 0.3) is 11.3 Å². The fraction of sp³-hybridized carbons (Fsp3) is 0.182. The number of alkyl halides is 6. The van der Waals surface area contributed by atoms with Crippen molar-refractivity contribution >= 4 is 11.5 Å². The molecule has 0 aliphatic rings. The van der Waals surface area contributed by atoms with Crippen molar-refractivity contribution in [3.8, 4) is 17.0 Å². The Labute approximate surface area is 184 Å². The highest BCUT2D eigenvalue weighted by atomic mass is 19.4. The first-order valence-corrected chi connectivity index (χ1v) is 9.30. The molecule has 5 nitrogen and oxygen atoms in total. The number of rotatable bonds is 6. The van der Waals surface area contributed by atoms with Crippen LogP contribution in [0.4, 0.5) is 32.0 Å². The Morgan fingerprint density at radius 2 is 1.61 bits per heavy atom. The van der Waals surface area contributed by atoms with Crippen LogP contribution in [0.2, 0.25) is 0 Å². The molecular weight excluding hydrogens is 452 g/mol. The Kier molecular flexibility index (Phi) is 6.92. The van der Waals surface area contributed by atoms with E-state index >= 15 is 0 Å². The third-order valence-electron chi connectivity index (χ3n) is 4.37. The first kappa shape index (κ1) is 24.1. The van der Waals surface area contributed by atoms with Crippen LogP contribution in [0, 0.1) is 0 Å². The van der Waals surface area contributed by atoms with Gasteiger partial charge < -0.3 is 15.2 Å². The number of pyridine rings is 1. The predicted molar refractivity (Wildman–Crippen MR) is 109 cm³/mol. The summed E-state index contributed by atoms with van der Waals surface area (Å²) in [6, 6.07) is 10.9. The summed E-state index contributed by atoms with van der Waals surface area (Å²) in [7, 11) is 1.38. The molecule has 2 aromatic carbocycles. The van der Waals surface area contributed by atoms with Gasteiger partial charge in [-0.1, -0.05) is 6.07 Å². The van der Waals surface area contributed by atoms with E-state index in [1.165, 1.54) is 19.2 Å². The fourth-order valence-corrected chi connectivity index (χ4v) is 2.87. The van der Waals surface area contributed by atoms with E-state index in [0.29, 0.717) is 23.4 Å². The van der Waals surface area contributed by atoms with Crippen molar-refractivity contribution < 1.29 is 35.8 Å². The number of benzene rings is 2. The van der Waals surface area contributed by atoms with Crippen molar-refractivity contribution in [3.63, 3.8) is 0 Å². The molecule has 33 heavy (non-hydrogen) atoms. The number of halogens is 6. The highest BCUT2D eigenvalue weighted by molar-refractivity contribution is 6.02. The molecule has 1 aromatic heterocycles. The molecule has 174 valence electrons. The molecule has 0 fully saturated rings. The van der Waals surface area contributed by atoms with E-state index < -0.39 is 29.2 Å². The molecule has 0 unspecified atom stereocenters.